The van der Waals surface area contributed by atoms with Crippen LogP contribution in [0.3, 0.4) is 0 Å². The monoisotopic (exact) mass is 402 g/mol. The van der Waals surface area contributed by atoms with Gasteiger partial charge in [0.2, 0.25) is 0 Å². The average molecular weight is 403 g/mol. The van der Waals surface area contributed by atoms with Crippen molar-refractivity contribution in [3.63, 3.8) is 0 Å². The Bertz CT molecular complexity index is 593. The van der Waals surface area contributed by atoms with Crippen molar-refractivity contribution < 1.29 is 23.0 Å². The highest BCUT2D eigenvalue weighted by molar-refractivity contribution is 5.12. The third-order valence-electron chi connectivity index (χ3n) is 10.1. The lowest BCUT2D eigenvalue weighted by Crippen LogP contribution is -2.61. The van der Waals surface area contributed by atoms with Gasteiger partial charge in [-0.1, -0.05) is 20.3 Å². The molecule has 0 aromatic carbocycles. The molecule has 4 saturated carbocycles. The number of hydrogen-bond donors (Lipinski definition) is 1. The van der Waals surface area contributed by atoms with Crippen LogP contribution in [0.2, 0.25) is 0 Å². The fourth-order valence-electron chi connectivity index (χ4n) is 8.63. The molecule has 0 aromatic rings. The first kappa shape index (κ1) is 21.0. The van der Waals surface area contributed by atoms with E-state index in [9.17, 15) is 18.3 Å². The highest BCUT2D eigenvalue weighted by atomic mass is 19.4. The Kier molecular flexibility index (Phi) is 5.14. The van der Waals surface area contributed by atoms with Gasteiger partial charge in [0, 0.05) is 7.11 Å². The lowest BCUT2D eigenvalue weighted by Gasteiger charge is -2.62. The van der Waals surface area contributed by atoms with E-state index >= 15 is 0 Å². The van der Waals surface area contributed by atoms with E-state index in [0.717, 1.165) is 25.2 Å². The minimum Gasteiger partial charge on any atom is -0.384 e. The van der Waals surface area contributed by atoms with Gasteiger partial charge in [0.05, 0.1) is 6.61 Å². The van der Waals surface area contributed by atoms with Crippen LogP contribution in [-0.4, -0.2) is 30.6 Å². The van der Waals surface area contributed by atoms with Crippen LogP contribution in [0.15, 0.2) is 0 Å². The minimum atomic E-state index is -4.53. The van der Waals surface area contributed by atoms with Gasteiger partial charge in [-0.25, -0.2) is 0 Å². The van der Waals surface area contributed by atoms with E-state index in [1.807, 2.05) is 0 Å². The maximum absolute atomic E-state index is 13.6. The Labute approximate surface area is 167 Å². The van der Waals surface area contributed by atoms with E-state index in [-0.39, 0.29) is 24.2 Å². The summed E-state index contributed by atoms with van der Waals surface area (Å²) in [6.07, 6.45) is 3.63. The second-order valence-electron chi connectivity index (χ2n) is 10.8. The Morgan fingerprint density at radius 3 is 2.39 bits per heavy atom. The van der Waals surface area contributed by atoms with Gasteiger partial charge in [-0.2, -0.15) is 13.2 Å². The van der Waals surface area contributed by atoms with E-state index in [1.54, 1.807) is 7.11 Å². The molecule has 1 N–H and O–H groups in total. The lowest BCUT2D eigenvalue weighted by molar-refractivity contribution is -0.294. The highest BCUT2D eigenvalue weighted by Crippen LogP contribution is 2.69. The normalized spacial score (nSPS) is 51.3. The Balaban J connectivity index is 1.63. The van der Waals surface area contributed by atoms with Crippen LogP contribution in [0.1, 0.15) is 78.1 Å². The molecule has 2 nitrogen and oxygen atoms in total. The Hall–Kier alpha value is -0.290. The zero-order valence-corrected chi connectivity index (χ0v) is 17.7. The summed E-state index contributed by atoms with van der Waals surface area (Å²) >= 11 is 0. The third-order valence-corrected chi connectivity index (χ3v) is 10.1. The first-order chi connectivity index (χ1) is 13.1. The van der Waals surface area contributed by atoms with Crippen molar-refractivity contribution in [1.82, 2.24) is 0 Å². The van der Waals surface area contributed by atoms with Crippen LogP contribution in [0, 0.1) is 40.4 Å². The van der Waals surface area contributed by atoms with Crippen molar-refractivity contribution in [2.24, 2.45) is 40.4 Å². The molecule has 4 fully saturated rings. The summed E-state index contributed by atoms with van der Waals surface area (Å²) in [6, 6.07) is 0. The summed E-state index contributed by atoms with van der Waals surface area (Å²) in [4.78, 5) is 0. The van der Waals surface area contributed by atoms with Crippen LogP contribution >= 0.6 is 0 Å². The second kappa shape index (κ2) is 6.87. The van der Waals surface area contributed by atoms with E-state index in [4.69, 9.17) is 4.74 Å². The number of alkyl halides is 3. The number of halogens is 3. The largest absolute Gasteiger partial charge is 0.417 e. The van der Waals surface area contributed by atoms with Crippen molar-refractivity contribution >= 4 is 0 Å². The molecule has 0 bridgehead atoms. The molecule has 4 aliphatic rings. The zero-order valence-electron chi connectivity index (χ0n) is 17.7. The van der Waals surface area contributed by atoms with Crippen molar-refractivity contribution in [3.05, 3.63) is 0 Å². The van der Waals surface area contributed by atoms with Gasteiger partial charge in [0.1, 0.15) is 0 Å². The van der Waals surface area contributed by atoms with Gasteiger partial charge in [-0.15, -0.1) is 0 Å². The molecular weight excluding hydrogens is 365 g/mol. The fourth-order valence-corrected chi connectivity index (χ4v) is 8.63. The molecule has 5 heteroatoms. The molecule has 0 saturated heterocycles. The maximum atomic E-state index is 13.6. The molecule has 0 amide bonds. The predicted octanol–water partition coefficient (Wildman–Crippen LogP) is 5.98. The number of rotatable bonds is 3. The highest BCUT2D eigenvalue weighted by Gasteiger charge is 2.66. The molecular formula is C23H37F3O2. The zero-order chi connectivity index (χ0) is 20.4. The fraction of sp³-hybridized carbons (Fsp3) is 1.00. The number of ether oxygens (including phenoxy) is 1. The summed E-state index contributed by atoms with van der Waals surface area (Å²) in [7, 11) is 1.69. The Morgan fingerprint density at radius 2 is 1.75 bits per heavy atom. The number of methoxy groups -OCH3 is 1. The average Bonchev–Trinajstić information content (AvgIpc) is 2.98. The summed E-state index contributed by atoms with van der Waals surface area (Å²) in [5, 5.41) is 10.4. The van der Waals surface area contributed by atoms with Gasteiger partial charge in [0.15, 0.2) is 5.60 Å². The van der Waals surface area contributed by atoms with E-state index in [0.29, 0.717) is 36.2 Å². The predicted molar refractivity (Wildman–Crippen MR) is 103 cm³/mol. The van der Waals surface area contributed by atoms with E-state index in [1.165, 1.54) is 25.7 Å². The van der Waals surface area contributed by atoms with Crippen LogP contribution in [-0.2, 0) is 4.74 Å². The lowest BCUT2D eigenvalue weighted by atomic mass is 9.43. The first-order valence-corrected chi connectivity index (χ1v) is 11.4. The van der Waals surface area contributed by atoms with Crippen LogP contribution < -0.4 is 0 Å². The number of hydrogen-bond acceptors (Lipinski definition) is 2. The quantitative estimate of drug-likeness (QED) is 0.630. The summed E-state index contributed by atoms with van der Waals surface area (Å²) in [5.74, 6) is 2.52. The van der Waals surface area contributed by atoms with E-state index < -0.39 is 11.8 Å². The van der Waals surface area contributed by atoms with Crippen molar-refractivity contribution in [1.29, 1.82) is 0 Å². The minimum absolute atomic E-state index is 0.0817. The molecule has 0 spiro atoms. The molecule has 0 heterocycles. The maximum Gasteiger partial charge on any atom is 0.417 e. The molecule has 8 atom stereocenters. The van der Waals surface area contributed by atoms with Gasteiger partial charge < -0.3 is 9.84 Å². The third kappa shape index (κ3) is 2.81. The summed E-state index contributed by atoms with van der Waals surface area (Å²) < 4.78 is 46.3. The molecule has 0 aliphatic heterocycles. The first-order valence-electron chi connectivity index (χ1n) is 11.4. The SMILES string of the molecule is CC[C@H]1CC[C@H]2[C@@H]3CC[C@@H]4C[C@@](O)(C(F)(F)F)CC[C@]4(COC)[C@H]3CC[C@]12C. The van der Waals surface area contributed by atoms with Crippen LogP contribution in [0.5, 0.6) is 0 Å². The van der Waals surface area contributed by atoms with Gasteiger partial charge >= 0.3 is 6.18 Å². The molecule has 0 radical (unpaired) electrons. The summed E-state index contributed by atoms with van der Waals surface area (Å²) in [6.45, 7) is 5.35. The van der Waals surface area contributed by atoms with Crippen LogP contribution in [0.25, 0.3) is 0 Å². The molecule has 4 aliphatic carbocycles. The topological polar surface area (TPSA) is 29.5 Å². The standard InChI is InChI=1S/C23H37F3O2/c1-4-15-6-8-18-17-7-5-16-13-22(27,23(24,25)26)12-11-21(16,14-28-3)19(17)9-10-20(15,18)2/h15-19,27H,4-14H2,1-3H3/t15-,16+,17-,18-,19-,20+,21+,22+/m0/s1. The van der Waals surface area contributed by atoms with E-state index in [2.05, 4.69) is 13.8 Å². The van der Waals surface area contributed by atoms with Crippen LogP contribution in [0.4, 0.5) is 13.2 Å². The van der Waals surface area contributed by atoms with Crippen molar-refractivity contribution in [3.8, 4) is 0 Å². The molecule has 162 valence electrons. The molecule has 0 unspecified atom stereocenters. The number of aliphatic hydroxyl groups is 1. The Morgan fingerprint density at radius 1 is 1.00 bits per heavy atom. The molecule has 0 aromatic heterocycles. The van der Waals surface area contributed by atoms with Gasteiger partial charge in [-0.3, -0.25) is 0 Å². The smallest absolute Gasteiger partial charge is 0.384 e. The van der Waals surface area contributed by atoms with Crippen molar-refractivity contribution in [2.45, 2.75) is 89.8 Å². The molecule has 4 rings (SSSR count). The summed E-state index contributed by atoms with van der Waals surface area (Å²) in [5.41, 5.74) is -2.27. The molecule has 28 heavy (non-hydrogen) atoms. The second-order valence-corrected chi connectivity index (χ2v) is 10.8. The van der Waals surface area contributed by atoms with Gasteiger partial charge in [0.25, 0.3) is 0 Å². The van der Waals surface area contributed by atoms with Crippen molar-refractivity contribution in [2.75, 3.05) is 13.7 Å². The number of fused-ring (bicyclic) bond motifs is 5. The van der Waals surface area contributed by atoms with Gasteiger partial charge in [-0.05, 0) is 98.2 Å².